The van der Waals surface area contributed by atoms with Crippen LogP contribution >= 0.6 is 11.6 Å². The molecule has 0 fully saturated rings. The molecule has 0 saturated heterocycles. The lowest BCUT2D eigenvalue weighted by atomic mass is 10.0. The van der Waals surface area contributed by atoms with Crippen LogP contribution in [0.3, 0.4) is 0 Å². The summed E-state index contributed by atoms with van der Waals surface area (Å²) in [7, 11) is 0. The van der Waals surface area contributed by atoms with Gasteiger partial charge in [-0.3, -0.25) is 14.9 Å². The Bertz CT molecular complexity index is 640. The summed E-state index contributed by atoms with van der Waals surface area (Å²) in [5.41, 5.74) is 0.433. The first kappa shape index (κ1) is 16.0. The van der Waals surface area contributed by atoms with Crippen LogP contribution in [-0.2, 0) is 4.79 Å². The third-order valence-electron chi connectivity index (χ3n) is 3.00. The number of carbonyl (C=O) groups excluding carboxylic acids is 2. The van der Waals surface area contributed by atoms with Crippen LogP contribution in [0.25, 0.3) is 0 Å². The van der Waals surface area contributed by atoms with Gasteiger partial charge in [-0.1, -0.05) is 25.4 Å². The molecule has 2 rings (SSSR count). The number of nitrogens with zero attached hydrogens (tertiary/aromatic N) is 2. The number of carbonyl (C=O) groups is 2. The molecule has 2 aromatic rings. The van der Waals surface area contributed by atoms with Gasteiger partial charge in [-0.15, -0.1) is 0 Å². The predicted molar refractivity (Wildman–Crippen MR) is 82.6 cm³/mol. The summed E-state index contributed by atoms with van der Waals surface area (Å²) in [6.07, 6.45) is 1.28. The first-order valence-corrected chi connectivity index (χ1v) is 7.08. The topological polar surface area (TPSA) is 99.8 Å². The molecule has 2 amide bonds. The minimum atomic E-state index is -0.701. The average Bonchev–Trinajstić information content (AvgIpc) is 2.97. The molecule has 1 unspecified atom stereocenters. The van der Waals surface area contributed by atoms with Crippen LogP contribution in [0.4, 0.5) is 5.95 Å². The van der Waals surface area contributed by atoms with Crippen LogP contribution in [0.2, 0.25) is 5.02 Å². The Morgan fingerprint density at radius 1 is 1.23 bits per heavy atom. The molecule has 7 nitrogen and oxygen atoms in total. The van der Waals surface area contributed by atoms with Crippen molar-refractivity contribution >= 4 is 29.4 Å². The maximum atomic E-state index is 12.2. The fourth-order valence-corrected chi connectivity index (χ4v) is 1.95. The largest absolute Gasteiger partial charge is 0.340 e. The van der Waals surface area contributed by atoms with Crippen molar-refractivity contribution in [1.29, 1.82) is 0 Å². The van der Waals surface area contributed by atoms with E-state index >= 15 is 0 Å². The number of H-pyrrole nitrogens is 1. The van der Waals surface area contributed by atoms with E-state index in [-0.39, 0.29) is 23.7 Å². The number of anilines is 1. The highest BCUT2D eigenvalue weighted by Gasteiger charge is 2.25. The summed E-state index contributed by atoms with van der Waals surface area (Å²) < 4.78 is 0. The molecule has 0 spiro atoms. The molecule has 0 aliphatic heterocycles. The van der Waals surface area contributed by atoms with Gasteiger partial charge in [-0.2, -0.15) is 10.1 Å². The van der Waals surface area contributed by atoms with Gasteiger partial charge in [0.25, 0.3) is 5.91 Å². The maximum absolute atomic E-state index is 12.2. The van der Waals surface area contributed by atoms with Crippen molar-refractivity contribution in [3.05, 3.63) is 41.2 Å². The second-order valence-electron chi connectivity index (χ2n) is 5.03. The second kappa shape index (κ2) is 7.04. The molecule has 3 N–H and O–H groups in total. The van der Waals surface area contributed by atoms with Crippen molar-refractivity contribution in [1.82, 2.24) is 20.5 Å². The normalized spacial score (nSPS) is 12.0. The first-order valence-electron chi connectivity index (χ1n) is 6.70. The van der Waals surface area contributed by atoms with Crippen molar-refractivity contribution in [3.8, 4) is 0 Å². The molecule has 1 aromatic carbocycles. The molecular weight excluding hydrogens is 306 g/mol. The molecule has 1 aromatic heterocycles. The third kappa shape index (κ3) is 4.05. The second-order valence-corrected chi connectivity index (χ2v) is 5.46. The van der Waals surface area contributed by atoms with Gasteiger partial charge in [0, 0.05) is 10.6 Å². The van der Waals surface area contributed by atoms with E-state index < -0.39 is 6.04 Å². The van der Waals surface area contributed by atoms with Gasteiger partial charge in [-0.25, -0.2) is 5.10 Å². The number of hydrogen-bond donors (Lipinski definition) is 3. The van der Waals surface area contributed by atoms with E-state index in [4.69, 9.17) is 11.6 Å². The Hall–Kier alpha value is -2.41. The van der Waals surface area contributed by atoms with Gasteiger partial charge >= 0.3 is 0 Å². The van der Waals surface area contributed by atoms with E-state index in [1.165, 1.54) is 6.33 Å². The van der Waals surface area contributed by atoms with Gasteiger partial charge in [0.15, 0.2) is 0 Å². The van der Waals surface area contributed by atoms with Crippen molar-refractivity contribution < 1.29 is 9.59 Å². The Labute approximate surface area is 132 Å². The number of aromatic amines is 1. The fourth-order valence-electron chi connectivity index (χ4n) is 1.82. The summed E-state index contributed by atoms with van der Waals surface area (Å²) in [5.74, 6) is -0.576. The van der Waals surface area contributed by atoms with Crippen LogP contribution in [0.1, 0.15) is 24.2 Å². The SMILES string of the molecule is CC(C)C(NC(=O)c1ccc(Cl)cc1)C(=O)Nc1ncn[nH]1. The van der Waals surface area contributed by atoms with Gasteiger partial charge in [-0.05, 0) is 30.2 Å². The molecule has 0 aliphatic rings. The van der Waals surface area contributed by atoms with E-state index in [1.54, 1.807) is 24.3 Å². The van der Waals surface area contributed by atoms with Gasteiger partial charge in [0.2, 0.25) is 11.9 Å². The third-order valence-corrected chi connectivity index (χ3v) is 3.25. The number of halogens is 1. The predicted octanol–water partition coefficient (Wildman–Crippen LogP) is 1.85. The minimum Gasteiger partial charge on any atom is -0.340 e. The number of hydrogen-bond acceptors (Lipinski definition) is 4. The van der Waals surface area contributed by atoms with E-state index in [9.17, 15) is 9.59 Å². The van der Waals surface area contributed by atoms with Crippen molar-refractivity contribution in [2.45, 2.75) is 19.9 Å². The van der Waals surface area contributed by atoms with Crippen LogP contribution in [0, 0.1) is 5.92 Å². The van der Waals surface area contributed by atoms with Gasteiger partial charge in [0.1, 0.15) is 12.4 Å². The van der Waals surface area contributed by atoms with Gasteiger partial charge < -0.3 is 5.32 Å². The lowest BCUT2D eigenvalue weighted by Gasteiger charge is -2.21. The summed E-state index contributed by atoms with van der Waals surface area (Å²) >= 11 is 5.79. The monoisotopic (exact) mass is 321 g/mol. The lowest BCUT2D eigenvalue weighted by molar-refractivity contribution is -0.118. The molecule has 0 aliphatic carbocycles. The van der Waals surface area contributed by atoms with E-state index in [0.717, 1.165) is 0 Å². The highest BCUT2D eigenvalue weighted by atomic mass is 35.5. The number of rotatable bonds is 5. The molecule has 0 radical (unpaired) electrons. The van der Waals surface area contributed by atoms with Crippen molar-refractivity contribution in [2.75, 3.05) is 5.32 Å². The molecule has 116 valence electrons. The van der Waals surface area contributed by atoms with Crippen molar-refractivity contribution in [3.63, 3.8) is 0 Å². The quantitative estimate of drug-likeness (QED) is 0.782. The standard InChI is InChI=1S/C14H16ClN5O2/c1-8(2)11(13(22)19-14-16-7-17-20-14)18-12(21)9-3-5-10(15)6-4-9/h3-8,11H,1-2H3,(H,18,21)(H2,16,17,19,20,22). The number of aromatic nitrogens is 3. The smallest absolute Gasteiger partial charge is 0.251 e. The number of amides is 2. The molecule has 22 heavy (non-hydrogen) atoms. The first-order chi connectivity index (χ1) is 10.5. The number of benzene rings is 1. The Morgan fingerprint density at radius 3 is 2.45 bits per heavy atom. The zero-order valence-electron chi connectivity index (χ0n) is 12.1. The number of nitrogens with one attached hydrogen (secondary N) is 3. The summed E-state index contributed by atoms with van der Waals surface area (Å²) in [6, 6.07) is 5.74. The zero-order valence-corrected chi connectivity index (χ0v) is 12.9. The highest BCUT2D eigenvalue weighted by Crippen LogP contribution is 2.11. The highest BCUT2D eigenvalue weighted by molar-refractivity contribution is 6.30. The Balaban J connectivity index is 2.06. The summed E-state index contributed by atoms with van der Waals surface area (Å²) in [5, 5.41) is 12.0. The summed E-state index contributed by atoms with van der Waals surface area (Å²) in [4.78, 5) is 28.3. The van der Waals surface area contributed by atoms with Crippen LogP contribution < -0.4 is 10.6 Å². The van der Waals surface area contributed by atoms with E-state index in [2.05, 4.69) is 25.8 Å². The molecule has 0 saturated carbocycles. The van der Waals surface area contributed by atoms with E-state index in [0.29, 0.717) is 10.6 Å². The molecule has 1 atom stereocenters. The fraction of sp³-hybridized carbons (Fsp3) is 0.286. The zero-order chi connectivity index (χ0) is 16.1. The Morgan fingerprint density at radius 2 is 1.91 bits per heavy atom. The molecule has 1 heterocycles. The van der Waals surface area contributed by atoms with Crippen LogP contribution in [0.5, 0.6) is 0 Å². The minimum absolute atomic E-state index is 0.0980. The molecular formula is C14H16ClN5O2. The van der Waals surface area contributed by atoms with Crippen LogP contribution in [0.15, 0.2) is 30.6 Å². The average molecular weight is 322 g/mol. The molecule has 8 heteroatoms. The van der Waals surface area contributed by atoms with Crippen LogP contribution in [-0.4, -0.2) is 33.0 Å². The van der Waals surface area contributed by atoms with Gasteiger partial charge in [0.05, 0.1) is 0 Å². The molecule has 0 bridgehead atoms. The Kier molecular flexibility index (Phi) is 5.11. The lowest BCUT2D eigenvalue weighted by Crippen LogP contribution is -2.47. The van der Waals surface area contributed by atoms with E-state index in [1.807, 2.05) is 13.8 Å². The summed E-state index contributed by atoms with van der Waals surface area (Å²) in [6.45, 7) is 3.68. The maximum Gasteiger partial charge on any atom is 0.251 e. The van der Waals surface area contributed by atoms with Crippen molar-refractivity contribution in [2.24, 2.45) is 5.92 Å².